The average Bonchev–Trinajstić information content (AvgIpc) is 3.07. The van der Waals surface area contributed by atoms with Crippen LogP contribution in [0, 0.1) is 0 Å². The number of benzene rings is 1. The summed E-state index contributed by atoms with van der Waals surface area (Å²) in [6.07, 6.45) is 7.23. The Hall–Kier alpha value is -2.92. The van der Waals surface area contributed by atoms with Crippen molar-refractivity contribution in [1.82, 2.24) is 19.4 Å². The number of pyridine rings is 1. The van der Waals surface area contributed by atoms with E-state index in [0.29, 0.717) is 16.7 Å². The third-order valence-electron chi connectivity index (χ3n) is 3.77. The second kappa shape index (κ2) is 5.94. The Morgan fingerprint density at radius 3 is 2.38 bits per heavy atom. The number of hydrogen-bond donors (Lipinski definition) is 0. The fourth-order valence-electron chi connectivity index (χ4n) is 2.60. The lowest BCUT2D eigenvalue weighted by Gasteiger charge is -2.07. The minimum atomic E-state index is 0.332. The van der Waals surface area contributed by atoms with Crippen LogP contribution < -0.4 is 4.74 Å². The maximum absolute atomic E-state index is 6.42. The van der Waals surface area contributed by atoms with Gasteiger partial charge in [-0.1, -0.05) is 41.9 Å². The van der Waals surface area contributed by atoms with Gasteiger partial charge in [-0.05, 0) is 6.07 Å². The lowest BCUT2D eigenvalue weighted by atomic mass is 10.1. The predicted octanol–water partition coefficient (Wildman–Crippen LogP) is 4.12. The molecule has 0 unspecified atom stereocenters. The maximum atomic E-state index is 6.42. The van der Waals surface area contributed by atoms with Gasteiger partial charge in [0, 0.05) is 35.3 Å². The highest BCUT2D eigenvalue weighted by Crippen LogP contribution is 2.29. The molecular formula is C18H13ClN4O. The molecule has 0 spiro atoms. The maximum Gasteiger partial charge on any atom is 0.316 e. The number of ether oxygens (including phenoxy) is 1. The van der Waals surface area contributed by atoms with Crippen molar-refractivity contribution in [1.29, 1.82) is 0 Å². The Balaban J connectivity index is 1.89. The Morgan fingerprint density at radius 1 is 0.917 bits per heavy atom. The lowest BCUT2D eigenvalue weighted by molar-refractivity contribution is 0.380. The van der Waals surface area contributed by atoms with Crippen LogP contribution in [0.3, 0.4) is 0 Å². The van der Waals surface area contributed by atoms with E-state index in [2.05, 4.69) is 15.0 Å². The molecule has 0 atom stereocenters. The highest BCUT2D eigenvalue weighted by Gasteiger charge is 2.11. The van der Waals surface area contributed by atoms with Gasteiger partial charge in [0.25, 0.3) is 0 Å². The number of imidazole rings is 1. The van der Waals surface area contributed by atoms with Crippen LogP contribution in [0.1, 0.15) is 0 Å². The van der Waals surface area contributed by atoms with Crippen LogP contribution in [-0.2, 0) is 0 Å². The van der Waals surface area contributed by atoms with Crippen LogP contribution in [-0.4, -0.2) is 26.5 Å². The molecule has 0 N–H and O–H groups in total. The van der Waals surface area contributed by atoms with Gasteiger partial charge in [0.15, 0.2) is 5.65 Å². The third kappa shape index (κ3) is 2.49. The van der Waals surface area contributed by atoms with E-state index in [1.807, 2.05) is 53.2 Å². The van der Waals surface area contributed by atoms with Gasteiger partial charge in [-0.3, -0.25) is 4.40 Å². The van der Waals surface area contributed by atoms with E-state index >= 15 is 0 Å². The number of methoxy groups -OCH3 is 1. The summed E-state index contributed by atoms with van der Waals surface area (Å²) >= 11 is 6.42. The fourth-order valence-corrected chi connectivity index (χ4v) is 2.85. The molecule has 0 fully saturated rings. The Labute approximate surface area is 143 Å². The summed E-state index contributed by atoms with van der Waals surface area (Å²) in [5.41, 5.74) is 4.53. The molecule has 3 aromatic heterocycles. The van der Waals surface area contributed by atoms with Gasteiger partial charge in [0.05, 0.1) is 24.0 Å². The van der Waals surface area contributed by atoms with Crippen molar-refractivity contribution in [2.75, 3.05) is 7.11 Å². The summed E-state index contributed by atoms with van der Waals surface area (Å²) < 4.78 is 6.98. The van der Waals surface area contributed by atoms with Crippen molar-refractivity contribution >= 4 is 17.2 Å². The zero-order valence-corrected chi connectivity index (χ0v) is 13.6. The molecule has 0 aliphatic heterocycles. The summed E-state index contributed by atoms with van der Waals surface area (Å²) in [6.45, 7) is 0. The quantitative estimate of drug-likeness (QED) is 0.564. The van der Waals surface area contributed by atoms with Gasteiger partial charge >= 0.3 is 6.01 Å². The van der Waals surface area contributed by atoms with Crippen molar-refractivity contribution in [3.63, 3.8) is 0 Å². The first kappa shape index (κ1) is 14.7. The molecule has 0 amide bonds. The number of aromatic nitrogens is 4. The Kier molecular flexibility index (Phi) is 3.63. The summed E-state index contributed by atoms with van der Waals surface area (Å²) in [5.74, 6) is 0. The normalized spacial score (nSPS) is 10.9. The number of halogens is 1. The number of fused-ring (bicyclic) bond motifs is 1. The molecule has 24 heavy (non-hydrogen) atoms. The third-order valence-corrected chi connectivity index (χ3v) is 4.05. The van der Waals surface area contributed by atoms with Crippen molar-refractivity contribution in [2.24, 2.45) is 0 Å². The van der Waals surface area contributed by atoms with Crippen molar-refractivity contribution in [3.8, 4) is 28.4 Å². The molecule has 0 saturated carbocycles. The molecule has 3 heterocycles. The van der Waals surface area contributed by atoms with Gasteiger partial charge in [0.1, 0.15) is 0 Å². The van der Waals surface area contributed by atoms with Gasteiger partial charge in [-0.15, -0.1) is 0 Å². The molecular weight excluding hydrogens is 324 g/mol. The van der Waals surface area contributed by atoms with E-state index in [1.54, 1.807) is 12.4 Å². The first-order valence-corrected chi connectivity index (χ1v) is 7.72. The number of nitrogens with zero attached hydrogens (tertiary/aromatic N) is 4. The first-order chi connectivity index (χ1) is 11.8. The van der Waals surface area contributed by atoms with Gasteiger partial charge in [-0.25, -0.2) is 15.0 Å². The summed E-state index contributed by atoms with van der Waals surface area (Å²) in [7, 11) is 1.54. The van der Waals surface area contributed by atoms with E-state index in [-0.39, 0.29) is 0 Å². The molecule has 5 nitrogen and oxygen atoms in total. The zero-order valence-electron chi connectivity index (χ0n) is 12.8. The zero-order chi connectivity index (χ0) is 16.5. The molecule has 4 rings (SSSR count). The highest BCUT2D eigenvalue weighted by molar-refractivity contribution is 6.33. The molecule has 118 valence electrons. The van der Waals surface area contributed by atoms with Crippen molar-refractivity contribution < 1.29 is 4.74 Å². The molecule has 0 radical (unpaired) electrons. The smallest absolute Gasteiger partial charge is 0.316 e. The largest absolute Gasteiger partial charge is 0.467 e. The number of rotatable bonds is 3. The van der Waals surface area contributed by atoms with Crippen LogP contribution in [0.5, 0.6) is 6.01 Å². The van der Waals surface area contributed by atoms with Crippen LogP contribution in [0.2, 0.25) is 5.02 Å². The average molecular weight is 337 g/mol. The molecule has 1 aromatic carbocycles. The van der Waals surface area contributed by atoms with Crippen LogP contribution in [0.25, 0.3) is 28.0 Å². The molecule has 0 aliphatic rings. The van der Waals surface area contributed by atoms with Crippen molar-refractivity contribution in [3.05, 3.63) is 66.2 Å². The Bertz CT molecular complexity index is 997. The molecule has 0 saturated heterocycles. The summed E-state index contributed by atoms with van der Waals surface area (Å²) in [4.78, 5) is 12.7. The van der Waals surface area contributed by atoms with E-state index in [1.165, 1.54) is 7.11 Å². The van der Waals surface area contributed by atoms with Crippen LogP contribution in [0.4, 0.5) is 0 Å². The SMILES string of the molecule is COc1ncc(-c2cc(Cl)c3ncc(-c4ccccc4)n3c2)cn1. The van der Waals surface area contributed by atoms with Crippen LogP contribution in [0.15, 0.2) is 61.2 Å². The number of hydrogen-bond acceptors (Lipinski definition) is 4. The van der Waals surface area contributed by atoms with Gasteiger partial charge in [-0.2, -0.15) is 0 Å². The molecule has 6 heteroatoms. The molecule has 4 aromatic rings. The first-order valence-electron chi connectivity index (χ1n) is 7.34. The standard InChI is InChI=1S/C18H13ClN4O/c1-24-18-21-8-14(9-22-18)13-7-15(19)17-20-10-16(23(17)11-13)12-5-3-2-4-6-12/h2-11H,1H3. The Morgan fingerprint density at radius 2 is 1.67 bits per heavy atom. The fraction of sp³-hybridized carbons (Fsp3) is 0.0556. The minimum absolute atomic E-state index is 0.332. The highest BCUT2D eigenvalue weighted by atomic mass is 35.5. The minimum Gasteiger partial charge on any atom is -0.467 e. The predicted molar refractivity (Wildman–Crippen MR) is 93.2 cm³/mol. The monoisotopic (exact) mass is 336 g/mol. The topological polar surface area (TPSA) is 52.3 Å². The van der Waals surface area contributed by atoms with Crippen molar-refractivity contribution in [2.45, 2.75) is 0 Å². The second-order valence-corrected chi connectivity index (χ2v) is 5.65. The van der Waals surface area contributed by atoms with E-state index in [0.717, 1.165) is 22.4 Å². The molecule has 0 aliphatic carbocycles. The van der Waals surface area contributed by atoms with E-state index in [4.69, 9.17) is 16.3 Å². The van der Waals surface area contributed by atoms with E-state index < -0.39 is 0 Å². The van der Waals surface area contributed by atoms with Crippen LogP contribution >= 0.6 is 11.6 Å². The lowest BCUT2D eigenvalue weighted by Crippen LogP contribution is -1.94. The van der Waals surface area contributed by atoms with E-state index in [9.17, 15) is 0 Å². The summed E-state index contributed by atoms with van der Waals surface area (Å²) in [5, 5.41) is 0.575. The second-order valence-electron chi connectivity index (χ2n) is 5.24. The molecule has 0 bridgehead atoms. The van der Waals surface area contributed by atoms with Gasteiger partial charge < -0.3 is 4.74 Å². The summed E-state index contributed by atoms with van der Waals surface area (Å²) in [6, 6.07) is 12.3. The van der Waals surface area contributed by atoms with Gasteiger partial charge in [0.2, 0.25) is 0 Å².